The summed E-state index contributed by atoms with van der Waals surface area (Å²) in [6, 6.07) is 21.2. The first kappa shape index (κ1) is 15.9. The van der Waals surface area contributed by atoms with Crippen LogP contribution in [0.2, 0.25) is 5.02 Å². The zero-order valence-electron chi connectivity index (χ0n) is 13.5. The third-order valence-electron chi connectivity index (χ3n) is 4.30. The quantitative estimate of drug-likeness (QED) is 0.421. The van der Waals surface area contributed by atoms with Gasteiger partial charge in [-0.05, 0) is 34.0 Å². The highest BCUT2D eigenvalue weighted by atomic mass is 35.5. The largest absolute Gasteiger partial charge is 0.423 e. The summed E-state index contributed by atoms with van der Waals surface area (Å²) in [6.07, 6.45) is 0. The molecule has 0 aliphatic carbocycles. The fourth-order valence-corrected chi connectivity index (χ4v) is 3.34. The summed E-state index contributed by atoms with van der Waals surface area (Å²) < 4.78 is 5.39. The van der Waals surface area contributed by atoms with E-state index in [1.54, 1.807) is 6.07 Å². The van der Waals surface area contributed by atoms with Gasteiger partial charge in [-0.2, -0.15) is 0 Å². The molecule has 4 aromatic rings. The van der Waals surface area contributed by atoms with Gasteiger partial charge >= 0.3 is 5.63 Å². The normalized spacial score (nSPS) is 11.2. The van der Waals surface area contributed by atoms with Crippen LogP contribution in [0.15, 0.2) is 75.9 Å². The van der Waals surface area contributed by atoms with Gasteiger partial charge in [0, 0.05) is 29.6 Å². The Kier molecular flexibility index (Phi) is 4.26. The van der Waals surface area contributed by atoms with Crippen LogP contribution < -0.4 is 10.9 Å². The molecule has 3 nitrogen and oxygen atoms in total. The molecule has 0 saturated heterocycles. The number of benzene rings is 3. The first-order valence-electron chi connectivity index (χ1n) is 8.11. The highest BCUT2D eigenvalue weighted by Gasteiger charge is 2.09. The Morgan fingerprint density at radius 3 is 2.52 bits per heavy atom. The summed E-state index contributed by atoms with van der Waals surface area (Å²) in [4.78, 5) is 11.9. The van der Waals surface area contributed by atoms with E-state index < -0.39 is 0 Å². The summed E-state index contributed by atoms with van der Waals surface area (Å²) in [5, 5.41) is 7.29. The molecule has 3 aromatic carbocycles. The molecule has 0 radical (unpaired) electrons. The Balaban J connectivity index is 1.72. The molecule has 0 spiro atoms. The molecule has 0 saturated carbocycles. The van der Waals surface area contributed by atoms with Gasteiger partial charge in [0.1, 0.15) is 5.58 Å². The first-order chi connectivity index (χ1) is 12.2. The van der Waals surface area contributed by atoms with Crippen molar-refractivity contribution in [2.75, 3.05) is 0 Å². The van der Waals surface area contributed by atoms with E-state index >= 15 is 0 Å². The SMILES string of the molecule is O=c1cc(CNCc2ccccc2Cl)c2c(ccc3ccccc32)o1. The average Bonchev–Trinajstić information content (AvgIpc) is 2.62. The summed E-state index contributed by atoms with van der Waals surface area (Å²) in [5.74, 6) is 0. The third kappa shape index (κ3) is 3.16. The Hall–Kier alpha value is -2.62. The van der Waals surface area contributed by atoms with Gasteiger partial charge in [-0.1, -0.05) is 60.1 Å². The topological polar surface area (TPSA) is 42.2 Å². The molecule has 25 heavy (non-hydrogen) atoms. The third-order valence-corrected chi connectivity index (χ3v) is 4.67. The van der Waals surface area contributed by atoms with Gasteiger partial charge in [0.25, 0.3) is 0 Å². The zero-order valence-corrected chi connectivity index (χ0v) is 14.2. The van der Waals surface area contributed by atoms with Crippen molar-refractivity contribution >= 4 is 33.3 Å². The Morgan fingerprint density at radius 2 is 1.64 bits per heavy atom. The second-order valence-electron chi connectivity index (χ2n) is 5.95. The highest BCUT2D eigenvalue weighted by Crippen LogP contribution is 2.27. The van der Waals surface area contributed by atoms with Crippen LogP contribution in [0, 0.1) is 0 Å². The van der Waals surface area contributed by atoms with Gasteiger partial charge in [-0.25, -0.2) is 4.79 Å². The van der Waals surface area contributed by atoms with E-state index in [-0.39, 0.29) is 5.63 Å². The Morgan fingerprint density at radius 1 is 0.880 bits per heavy atom. The number of nitrogens with one attached hydrogen (secondary N) is 1. The molecule has 0 fully saturated rings. The van der Waals surface area contributed by atoms with Crippen molar-refractivity contribution in [1.82, 2.24) is 5.32 Å². The average molecular weight is 350 g/mol. The summed E-state index contributed by atoms with van der Waals surface area (Å²) in [7, 11) is 0. The smallest absolute Gasteiger partial charge is 0.336 e. The molecule has 0 amide bonds. The molecule has 0 bridgehead atoms. The molecular weight excluding hydrogens is 334 g/mol. The maximum Gasteiger partial charge on any atom is 0.336 e. The van der Waals surface area contributed by atoms with Crippen molar-refractivity contribution in [2.24, 2.45) is 0 Å². The number of halogens is 1. The maximum atomic E-state index is 11.9. The fraction of sp³-hybridized carbons (Fsp3) is 0.0952. The van der Waals surface area contributed by atoms with E-state index in [1.807, 2.05) is 48.5 Å². The van der Waals surface area contributed by atoms with E-state index in [0.29, 0.717) is 18.7 Å². The lowest BCUT2D eigenvalue weighted by Crippen LogP contribution is -2.15. The van der Waals surface area contributed by atoms with E-state index in [9.17, 15) is 4.79 Å². The van der Waals surface area contributed by atoms with Crippen molar-refractivity contribution in [2.45, 2.75) is 13.1 Å². The molecule has 1 N–H and O–H groups in total. The van der Waals surface area contributed by atoms with E-state index in [2.05, 4.69) is 17.4 Å². The minimum absolute atomic E-state index is 0.336. The van der Waals surface area contributed by atoms with E-state index in [0.717, 1.165) is 32.3 Å². The fourth-order valence-electron chi connectivity index (χ4n) is 3.13. The second kappa shape index (κ2) is 6.71. The second-order valence-corrected chi connectivity index (χ2v) is 6.35. The molecule has 0 aliphatic rings. The van der Waals surface area contributed by atoms with Crippen molar-refractivity contribution in [1.29, 1.82) is 0 Å². The highest BCUT2D eigenvalue weighted by molar-refractivity contribution is 6.31. The zero-order chi connectivity index (χ0) is 17.2. The van der Waals surface area contributed by atoms with Crippen molar-refractivity contribution in [3.63, 3.8) is 0 Å². The van der Waals surface area contributed by atoms with Crippen molar-refractivity contribution < 1.29 is 4.42 Å². The Labute approximate surface area is 149 Å². The van der Waals surface area contributed by atoms with Gasteiger partial charge in [0.15, 0.2) is 0 Å². The monoisotopic (exact) mass is 349 g/mol. The van der Waals surface area contributed by atoms with Crippen LogP contribution >= 0.6 is 11.6 Å². The molecule has 1 aromatic heterocycles. The first-order valence-corrected chi connectivity index (χ1v) is 8.49. The lowest BCUT2D eigenvalue weighted by atomic mass is 10.0. The van der Waals surface area contributed by atoms with Crippen LogP contribution in [-0.2, 0) is 13.1 Å². The van der Waals surface area contributed by atoms with Crippen LogP contribution in [0.1, 0.15) is 11.1 Å². The minimum atomic E-state index is -0.336. The maximum absolute atomic E-state index is 11.9. The molecule has 4 rings (SSSR count). The molecule has 0 aliphatic heterocycles. The number of hydrogen-bond acceptors (Lipinski definition) is 3. The lowest BCUT2D eigenvalue weighted by molar-refractivity contribution is 0.557. The van der Waals surface area contributed by atoms with Crippen LogP contribution in [-0.4, -0.2) is 0 Å². The minimum Gasteiger partial charge on any atom is -0.423 e. The Bertz CT molecular complexity index is 1120. The number of fused-ring (bicyclic) bond motifs is 3. The van der Waals surface area contributed by atoms with Crippen LogP contribution in [0.5, 0.6) is 0 Å². The van der Waals surface area contributed by atoms with Crippen molar-refractivity contribution in [3.05, 3.63) is 93.3 Å². The molecule has 1 heterocycles. The number of hydrogen-bond donors (Lipinski definition) is 1. The molecule has 124 valence electrons. The van der Waals surface area contributed by atoms with Gasteiger partial charge in [0.2, 0.25) is 0 Å². The summed E-state index contributed by atoms with van der Waals surface area (Å²) in [6.45, 7) is 1.19. The summed E-state index contributed by atoms with van der Waals surface area (Å²) >= 11 is 6.20. The molecule has 0 unspecified atom stereocenters. The molecule has 0 atom stereocenters. The standard InChI is InChI=1S/C21H16ClNO2/c22-18-8-4-2-6-15(18)12-23-13-16-11-20(24)25-19-10-9-14-5-1-3-7-17(14)21(16)19/h1-11,23H,12-13H2. The van der Waals surface area contributed by atoms with Gasteiger partial charge < -0.3 is 9.73 Å². The lowest BCUT2D eigenvalue weighted by Gasteiger charge is -2.10. The van der Waals surface area contributed by atoms with E-state index in [1.165, 1.54) is 0 Å². The molecule has 4 heteroatoms. The van der Waals surface area contributed by atoms with Gasteiger partial charge in [-0.15, -0.1) is 0 Å². The van der Waals surface area contributed by atoms with E-state index in [4.69, 9.17) is 16.0 Å². The molecular formula is C21H16ClNO2. The van der Waals surface area contributed by atoms with Crippen LogP contribution in [0.25, 0.3) is 21.7 Å². The number of rotatable bonds is 4. The predicted molar refractivity (Wildman–Crippen MR) is 102 cm³/mol. The van der Waals surface area contributed by atoms with Crippen LogP contribution in [0.3, 0.4) is 0 Å². The predicted octanol–water partition coefficient (Wildman–Crippen LogP) is 4.89. The van der Waals surface area contributed by atoms with Gasteiger partial charge in [0.05, 0.1) is 0 Å². The summed E-state index contributed by atoms with van der Waals surface area (Å²) in [5.41, 5.74) is 2.23. The van der Waals surface area contributed by atoms with Crippen molar-refractivity contribution in [3.8, 4) is 0 Å². The van der Waals surface area contributed by atoms with Crippen LogP contribution in [0.4, 0.5) is 0 Å². The van der Waals surface area contributed by atoms with Gasteiger partial charge in [-0.3, -0.25) is 0 Å².